The molecule has 1 fully saturated rings. The van der Waals surface area contributed by atoms with Gasteiger partial charge < -0.3 is 14.7 Å². The number of rotatable bonds is 3. The van der Waals surface area contributed by atoms with Crippen LogP contribution >= 0.6 is 0 Å². The van der Waals surface area contributed by atoms with Crippen LogP contribution in [-0.2, 0) is 13.0 Å². The quantitative estimate of drug-likeness (QED) is 0.932. The summed E-state index contributed by atoms with van der Waals surface area (Å²) in [6.45, 7) is 5.88. The third-order valence-corrected chi connectivity index (χ3v) is 5.15. The number of nitrogens with zero attached hydrogens (tertiary/aromatic N) is 3. The maximum absolute atomic E-state index is 12.6. The molecule has 2 aromatic rings. The van der Waals surface area contributed by atoms with E-state index >= 15 is 0 Å². The lowest BCUT2D eigenvalue weighted by Crippen LogP contribution is -2.51. The molecular formula is C19H24N4O2. The highest BCUT2D eigenvalue weighted by atomic mass is 16.5. The number of hydrogen-bond acceptors (Lipinski definition) is 4. The Bertz CT molecular complexity index is 749. The van der Waals surface area contributed by atoms with Crippen molar-refractivity contribution in [1.82, 2.24) is 20.3 Å². The summed E-state index contributed by atoms with van der Waals surface area (Å²) >= 11 is 0. The van der Waals surface area contributed by atoms with Crippen molar-refractivity contribution in [3.05, 3.63) is 52.9 Å². The zero-order valence-corrected chi connectivity index (χ0v) is 14.6. The Morgan fingerprint density at radius 3 is 2.84 bits per heavy atom. The van der Waals surface area contributed by atoms with Gasteiger partial charge in [-0.05, 0) is 30.9 Å². The van der Waals surface area contributed by atoms with E-state index in [9.17, 15) is 4.79 Å². The number of piperazine rings is 1. The Kier molecular flexibility index (Phi) is 4.44. The Morgan fingerprint density at radius 2 is 2.08 bits per heavy atom. The van der Waals surface area contributed by atoms with E-state index in [1.807, 2.05) is 24.0 Å². The fourth-order valence-corrected chi connectivity index (χ4v) is 3.77. The average Bonchev–Trinajstić information content (AvgIpc) is 3.22. The number of benzene rings is 1. The lowest BCUT2D eigenvalue weighted by molar-refractivity contribution is 0.126. The standard InChI is InChI=1S/C19H24N4O2/c1-14-12-16(25-21-14)13-22-8-10-23(11-9-22)19(24)20-18-7-6-15-4-2-3-5-17(15)18/h2-5,12,18H,6-11,13H2,1H3,(H,20,24)/t18-/m0/s1. The van der Waals surface area contributed by atoms with Crippen molar-refractivity contribution >= 4 is 6.03 Å². The highest BCUT2D eigenvalue weighted by Crippen LogP contribution is 2.30. The summed E-state index contributed by atoms with van der Waals surface area (Å²) < 4.78 is 5.28. The lowest BCUT2D eigenvalue weighted by Gasteiger charge is -2.34. The summed E-state index contributed by atoms with van der Waals surface area (Å²) in [5.41, 5.74) is 3.54. The molecule has 1 aliphatic carbocycles. The van der Waals surface area contributed by atoms with Crippen LogP contribution in [0.3, 0.4) is 0 Å². The van der Waals surface area contributed by atoms with E-state index in [1.165, 1.54) is 11.1 Å². The predicted molar refractivity (Wildman–Crippen MR) is 94.1 cm³/mol. The molecule has 0 spiro atoms. The van der Waals surface area contributed by atoms with Crippen molar-refractivity contribution < 1.29 is 9.32 Å². The van der Waals surface area contributed by atoms with Crippen LogP contribution in [0.25, 0.3) is 0 Å². The van der Waals surface area contributed by atoms with Gasteiger partial charge in [0, 0.05) is 32.2 Å². The summed E-state index contributed by atoms with van der Waals surface area (Å²) in [6, 6.07) is 10.6. The molecule has 1 saturated heterocycles. The highest BCUT2D eigenvalue weighted by molar-refractivity contribution is 5.75. The zero-order valence-electron chi connectivity index (χ0n) is 14.6. The van der Waals surface area contributed by atoms with E-state index in [1.54, 1.807) is 0 Å². The van der Waals surface area contributed by atoms with E-state index in [2.05, 4.69) is 33.6 Å². The molecule has 132 valence electrons. The molecule has 1 aliphatic heterocycles. The molecule has 2 heterocycles. The smallest absolute Gasteiger partial charge is 0.317 e. The molecule has 25 heavy (non-hydrogen) atoms. The summed E-state index contributed by atoms with van der Waals surface area (Å²) in [7, 11) is 0. The number of urea groups is 1. The Labute approximate surface area is 147 Å². The van der Waals surface area contributed by atoms with Gasteiger partial charge in [-0.25, -0.2) is 4.79 Å². The normalized spacial score (nSPS) is 20.5. The second-order valence-electron chi connectivity index (χ2n) is 6.94. The number of fused-ring (bicyclic) bond motifs is 1. The van der Waals surface area contributed by atoms with Crippen LogP contribution in [0.15, 0.2) is 34.9 Å². The molecule has 1 aromatic heterocycles. The van der Waals surface area contributed by atoms with Crippen molar-refractivity contribution in [2.24, 2.45) is 0 Å². The molecule has 0 bridgehead atoms. The third-order valence-electron chi connectivity index (χ3n) is 5.15. The van der Waals surface area contributed by atoms with Gasteiger partial charge in [0.05, 0.1) is 18.3 Å². The number of aryl methyl sites for hydroxylation is 2. The summed E-state index contributed by atoms with van der Waals surface area (Å²) in [4.78, 5) is 16.8. The van der Waals surface area contributed by atoms with Crippen molar-refractivity contribution in [3.63, 3.8) is 0 Å². The number of carbonyl (C=O) groups is 1. The first-order valence-corrected chi connectivity index (χ1v) is 8.97. The maximum Gasteiger partial charge on any atom is 0.317 e. The molecule has 6 heteroatoms. The highest BCUT2D eigenvalue weighted by Gasteiger charge is 2.27. The Hall–Kier alpha value is -2.34. The maximum atomic E-state index is 12.6. The van der Waals surface area contributed by atoms with E-state index in [0.717, 1.165) is 57.0 Å². The third kappa shape index (κ3) is 3.54. The van der Waals surface area contributed by atoms with Crippen LogP contribution in [0, 0.1) is 6.92 Å². The number of nitrogens with one attached hydrogen (secondary N) is 1. The number of amides is 2. The van der Waals surface area contributed by atoms with Gasteiger partial charge in [0.1, 0.15) is 0 Å². The van der Waals surface area contributed by atoms with Gasteiger partial charge >= 0.3 is 6.03 Å². The number of carbonyl (C=O) groups excluding carboxylic acids is 1. The molecule has 0 unspecified atom stereocenters. The average molecular weight is 340 g/mol. The molecule has 2 aliphatic rings. The molecule has 1 atom stereocenters. The van der Waals surface area contributed by atoms with Gasteiger partial charge in [0.15, 0.2) is 5.76 Å². The van der Waals surface area contributed by atoms with Gasteiger partial charge in [-0.3, -0.25) is 4.90 Å². The fourth-order valence-electron chi connectivity index (χ4n) is 3.77. The van der Waals surface area contributed by atoms with Crippen LogP contribution in [0.2, 0.25) is 0 Å². The number of hydrogen-bond donors (Lipinski definition) is 1. The predicted octanol–water partition coefficient (Wildman–Crippen LogP) is 2.50. The molecular weight excluding hydrogens is 316 g/mol. The van der Waals surface area contributed by atoms with E-state index in [-0.39, 0.29) is 12.1 Å². The molecule has 1 N–H and O–H groups in total. The van der Waals surface area contributed by atoms with E-state index < -0.39 is 0 Å². The lowest BCUT2D eigenvalue weighted by atomic mass is 10.1. The minimum Gasteiger partial charge on any atom is -0.360 e. The first-order chi connectivity index (χ1) is 12.2. The van der Waals surface area contributed by atoms with E-state index in [4.69, 9.17) is 4.52 Å². The second kappa shape index (κ2) is 6.88. The minimum absolute atomic E-state index is 0.0527. The van der Waals surface area contributed by atoms with Crippen LogP contribution in [0.5, 0.6) is 0 Å². The fraction of sp³-hybridized carbons (Fsp3) is 0.474. The first-order valence-electron chi connectivity index (χ1n) is 8.97. The van der Waals surface area contributed by atoms with Gasteiger partial charge in [0.2, 0.25) is 0 Å². The summed E-state index contributed by atoms with van der Waals surface area (Å²) in [5.74, 6) is 0.887. The van der Waals surface area contributed by atoms with Crippen molar-refractivity contribution in [1.29, 1.82) is 0 Å². The van der Waals surface area contributed by atoms with Gasteiger partial charge in [-0.2, -0.15) is 0 Å². The zero-order chi connectivity index (χ0) is 17.2. The first kappa shape index (κ1) is 16.1. The molecule has 2 amide bonds. The van der Waals surface area contributed by atoms with Crippen molar-refractivity contribution in [3.8, 4) is 0 Å². The Morgan fingerprint density at radius 1 is 1.28 bits per heavy atom. The van der Waals surface area contributed by atoms with Crippen LogP contribution in [0.4, 0.5) is 4.79 Å². The molecule has 1 aromatic carbocycles. The monoisotopic (exact) mass is 340 g/mol. The van der Waals surface area contributed by atoms with Crippen LogP contribution in [0.1, 0.15) is 35.0 Å². The van der Waals surface area contributed by atoms with Crippen molar-refractivity contribution in [2.45, 2.75) is 32.4 Å². The van der Waals surface area contributed by atoms with Gasteiger partial charge in [-0.15, -0.1) is 0 Å². The molecule has 0 saturated carbocycles. The summed E-state index contributed by atoms with van der Waals surface area (Å²) in [6.07, 6.45) is 2.04. The molecule has 6 nitrogen and oxygen atoms in total. The number of aromatic nitrogens is 1. The molecule has 4 rings (SSSR count). The van der Waals surface area contributed by atoms with Crippen LogP contribution < -0.4 is 5.32 Å². The second-order valence-corrected chi connectivity index (χ2v) is 6.94. The SMILES string of the molecule is Cc1cc(CN2CCN(C(=O)N[C@H]3CCc4ccccc43)CC2)on1. The minimum atomic E-state index is 0.0527. The Balaban J connectivity index is 1.28. The van der Waals surface area contributed by atoms with E-state index in [0.29, 0.717) is 0 Å². The van der Waals surface area contributed by atoms with Crippen LogP contribution in [-0.4, -0.2) is 47.2 Å². The van der Waals surface area contributed by atoms with Crippen molar-refractivity contribution in [2.75, 3.05) is 26.2 Å². The van der Waals surface area contributed by atoms with Gasteiger partial charge in [0.25, 0.3) is 0 Å². The topological polar surface area (TPSA) is 61.6 Å². The molecule has 0 radical (unpaired) electrons. The largest absolute Gasteiger partial charge is 0.360 e. The van der Waals surface area contributed by atoms with Gasteiger partial charge in [-0.1, -0.05) is 29.4 Å². The summed E-state index contributed by atoms with van der Waals surface area (Å²) in [5, 5.41) is 7.14.